The summed E-state index contributed by atoms with van der Waals surface area (Å²) >= 11 is 3.48. The molecule has 190 valence electrons. The third kappa shape index (κ3) is 6.78. The number of carbonyl (C=O) groups is 1. The zero-order valence-corrected chi connectivity index (χ0v) is 22.9. The van der Waals surface area contributed by atoms with Crippen molar-refractivity contribution in [1.29, 1.82) is 0 Å². The van der Waals surface area contributed by atoms with Gasteiger partial charge in [-0.05, 0) is 88.9 Å². The van der Waals surface area contributed by atoms with E-state index in [-0.39, 0.29) is 10.8 Å². The average molecular weight is 580 g/mol. The fourth-order valence-corrected chi connectivity index (χ4v) is 5.47. The van der Waals surface area contributed by atoms with Crippen molar-refractivity contribution in [1.82, 2.24) is 0 Å². The van der Waals surface area contributed by atoms with Crippen LogP contribution in [0.1, 0.15) is 27.0 Å². The molecule has 8 heteroatoms. The first-order valence-electron chi connectivity index (χ1n) is 11.7. The van der Waals surface area contributed by atoms with Crippen LogP contribution in [0.2, 0.25) is 0 Å². The lowest BCUT2D eigenvalue weighted by Gasteiger charge is -2.14. The average Bonchev–Trinajstić information content (AvgIpc) is 2.88. The highest BCUT2D eigenvalue weighted by Crippen LogP contribution is 2.27. The summed E-state index contributed by atoms with van der Waals surface area (Å²) in [6.45, 7) is 4.22. The summed E-state index contributed by atoms with van der Waals surface area (Å²) in [6.07, 6.45) is 0.779. The molecular weight excluding hydrogens is 552 g/mol. The number of halogens is 1. The third-order valence-electron chi connectivity index (χ3n) is 5.83. The summed E-state index contributed by atoms with van der Waals surface area (Å²) < 4.78 is 34.9. The SMILES string of the molecule is Cc1cccc(C)c1NS(=O)(=O)c1ccc(NC(=O)c2ccc(OCCc3ccccc3)c(Br)c2)cc1. The molecule has 0 radical (unpaired) electrons. The predicted octanol–water partition coefficient (Wildman–Crippen LogP) is 6.74. The zero-order chi connectivity index (χ0) is 26.4. The van der Waals surface area contributed by atoms with Gasteiger partial charge < -0.3 is 10.1 Å². The van der Waals surface area contributed by atoms with Crippen molar-refractivity contribution in [2.75, 3.05) is 16.6 Å². The van der Waals surface area contributed by atoms with Gasteiger partial charge in [0.05, 0.1) is 21.7 Å². The van der Waals surface area contributed by atoms with Crippen LogP contribution in [0.3, 0.4) is 0 Å². The van der Waals surface area contributed by atoms with Gasteiger partial charge in [-0.3, -0.25) is 9.52 Å². The maximum atomic E-state index is 12.9. The van der Waals surface area contributed by atoms with Gasteiger partial charge in [-0.25, -0.2) is 8.42 Å². The number of anilines is 2. The number of carbonyl (C=O) groups excluding carboxylic acids is 1. The Morgan fingerprint density at radius 3 is 2.19 bits per heavy atom. The standard InChI is InChI=1S/C29H27BrN2O4S/c1-20-7-6-8-21(2)28(20)32-37(34,35)25-14-12-24(13-15-25)31-29(33)23-11-16-27(26(30)19-23)36-18-17-22-9-4-3-5-10-22/h3-16,19,32H,17-18H2,1-2H3,(H,31,33). The molecule has 37 heavy (non-hydrogen) atoms. The van der Waals surface area contributed by atoms with E-state index in [1.165, 1.54) is 17.7 Å². The molecule has 0 saturated heterocycles. The molecule has 0 aliphatic rings. The molecule has 6 nitrogen and oxygen atoms in total. The Hall–Kier alpha value is -3.62. The monoisotopic (exact) mass is 578 g/mol. The molecule has 2 N–H and O–H groups in total. The number of benzene rings is 4. The second-order valence-corrected chi connectivity index (χ2v) is 11.1. The van der Waals surface area contributed by atoms with E-state index in [2.05, 4.69) is 38.1 Å². The highest BCUT2D eigenvalue weighted by molar-refractivity contribution is 9.10. The number of rotatable bonds is 9. The molecule has 0 aliphatic carbocycles. The van der Waals surface area contributed by atoms with Gasteiger partial charge in [-0.15, -0.1) is 0 Å². The Morgan fingerprint density at radius 1 is 0.865 bits per heavy atom. The van der Waals surface area contributed by atoms with Crippen LogP contribution < -0.4 is 14.8 Å². The highest BCUT2D eigenvalue weighted by Gasteiger charge is 2.17. The van der Waals surface area contributed by atoms with Crippen LogP contribution in [0.15, 0.2) is 100 Å². The lowest BCUT2D eigenvalue weighted by molar-refractivity contribution is 0.102. The van der Waals surface area contributed by atoms with Crippen LogP contribution in [0.25, 0.3) is 0 Å². The number of sulfonamides is 1. The molecule has 4 aromatic carbocycles. The summed E-state index contributed by atoms with van der Waals surface area (Å²) in [6, 6.07) is 26.8. The number of aryl methyl sites for hydroxylation is 2. The Morgan fingerprint density at radius 2 is 1.54 bits per heavy atom. The minimum absolute atomic E-state index is 0.105. The Balaban J connectivity index is 1.37. The molecule has 0 spiro atoms. The van der Waals surface area contributed by atoms with Gasteiger partial charge in [-0.1, -0.05) is 48.5 Å². The molecule has 1 amide bonds. The summed E-state index contributed by atoms with van der Waals surface area (Å²) in [5, 5.41) is 2.80. The van der Waals surface area contributed by atoms with Gasteiger partial charge in [-0.2, -0.15) is 0 Å². The van der Waals surface area contributed by atoms with Crippen molar-refractivity contribution in [3.8, 4) is 5.75 Å². The maximum Gasteiger partial charge on any atom is 0.261 e. The van der Waals surface area contributed by atoms with Crippen molar-refractivity contribution in [2.45, 2.75) is 25.2 Å². The van der Waals surface area contributed by atoms with Gasteiger partial charge in [0.15, 0.2) is 0 Å². The summed E-state index contributed by atoms with van der Waals surface area (Å²) in [7, 11) is -3.77. The number of nitrogens with one attached hydrogen (secondary N) is 2. The lowest BCUT2D eigenvalue weighted by atomic mass is 10.1. The van der Waals surface area contributed by atoms with E-state index in [1.54, 1.807) is 30.3 Å². The fraction of sp³-hybridized carbons (Fsp3) is 0.138. The molecule has 0 aliphatic heterocycles. The Bertz CT molecular complexity index is 1480. The summed E-state index contributed by atoms with van der Waals surface area (Å²) in [5.41, 5.74) is 4.36. The van der Waals surface area contributed by atoms with E-state index < -0.39 is 10.0 Å². The summed E-state index contributed by atoms with van der Waals surface area (Å²) in [4.78, 5) is 12.9. The molecule has 0 aromatic heterocycles. The van der Waals surface area contributed by atoms with Crippen LogP contribution in [0, 0.1) is 13.8 Å². The molecule has 0 fully saturated rings. The normalized spacial score (nSPS) is 11.1. The zero-order valence-electron chi connectivity index (χ0n) is 20.5. The number of hydrogen-bond donors (Lipinski definition) is 2. The maximum absolute atomic E-state index is 12.9. The second-order valence-electron chi connectivity index (χ2n) is 8.58. The topological polar surface area (TPSA) is 84.5 Å². The molecule has 0 bridgehead atoms. The summed E-state index contributed by atoms with van der Waals surface area (Å²) in [5.74, 6) is 0.333. The number of para-hydroxylation sites is 1. The van der Waals surface area contributed by atoms with Crippen molar-refractivity contribution >= 4 is 43.2 Å². The van der Waals surface area contributed by atoms with E-state index in [1.807, 2.05) is 50.2 Å². The van der Waals surface area contributed by atoms with Gasteiger partial charge >= 0.3 is 0 Å². The largest absolute Gasteiger partial charge is 0.492 e. The number of hydrogen-bond acceptors (Lipinski definition) is 4. The lowest BCUT2D eigenvalue weighted by Crippen LogP contribution is -2.15. The minimum Gasteiger partial charge on any atom is -0.492 e. The highest BCUT2D eigenvalue weighted by atomic mass is 79.9. The van der Waals surface area contributed by atoms with Crippen LogP contribution in [-0.4, -0.2) is 20.9 Å². The first kappa shape index (κ1) is 26.4. The van der Waals surface area contributed by atoms with Crippen LogP contribution >= 0.6 is 15.9 Å². The quantitative estimate of drug-likeness (QED) is 0.230. The van der Waals surface area contributed by atoms with Crippen molar-refractivity contribution in [3.05, 3.63) is 118 Å². The smallest absolute Gasteiger partial charge is 0.261 e. The molecule has 4 rings (SSSR count). The molecule has 0 unspecified atom stereocenters. The molecule has 0 atom stereocenters. The number of amides is 1. The van der Waals surface area contributed by atoms with E-state index in [4.69, 9.17) is 4.74 Å². The third-order valence-corrected chi connectivity index (χ3v) is 7.81. The Labute approximate surface area is 225 Å². The van der Waals surface area contributed by atoms with Gasteiger partial charge in [0.25, 0.3) is 15.9 Å². The Kier molecular flexibility index (Phi) is 8.31. The van der Waals surface area contributed by atoms with Gasteiger partial charge in [0, 0.05) is 17.7 Å². The van der Waals surface area contributed by atoms with E-state index in [0.717, 1.165) is 17.5 Å². The number of ether oxygens (including phenoxy) is 1. The molecule has 0 saturated carbocycles. The van der Waals surface area contributed by atoms with Crippen molar-refractivity contribution < 1.29 is 17.9 Å². The fourth-order valence-electron chi connectivity index (χ4n) is 3.77. The van der Waals surface area contributed by atoms with Crippen molar-refractivity contribution in [2.24, 2.45) is 0 Å². The first-order chi connectivity index (χ1) is 17.7. The second kappa shape index (κ2) is 11.6. The van der Waals surface area contributed by atoms with E-state index in [0.29, 0.717) is 33.8 Å². The van der Waals surface area contributed by atoms with Gasteiger partial charge in [0.1, 0.15) is 5.75 Å². The van der Waals surface area contributed by atoms with Gasteiger partial charge in [0.2, 0.25) is 0 Å². The predicted molar refractivity (Wildman–Crippen MR) is 151 cm³/mol. The minimum atomic E-state index is -3.77. The first-order valence-corrected chi connectivity index (χ1v) is 14.0. The van der Waals surface area contributed by atoms with E-state index >= 15 is 0 Å². The van der Waals surface area contributed by atoms with E-state index in [9.17, 15) is 13.2 Å². The molecular formula is C29H27BrN2O4S. The van der Waals surface area contributed by atoms with Crippen LogP contribution in [-0.2, 0) is 16.4 Å². The van der Waals surface area contributed by atoms with Crippen LogP contribution in [0.5, 0.6) is 5.75 Å². The van der Waals surface area contributed by atoms with Crippen LogP contribution in [0.4, 0.5) is 11.4 Å². The molecule has 0 heterocycles. The molecule has 4 aromatic rings. The van der Waals surface area contributed by atoms with Crippen molar-refractivity contribution in [3.63, 3.8) is 0 Å².